The van der Waals surface area contributed by atoms with Crippen LogP contribution in [0, 0.1) is 13.8 Å². The van der Waals surface area contributed by atoms with Gasteiger partial charge < -0.3 is 10.1 Å². The lowest BCUT2D eigenvalue weighted by atomic mass is 10.1. The summed E-state index contributed by atoms with van der Waals surface area (Å²) >= 11 is 0. The zero-order chi connectivity index (χ0) is 16.9. The number of aromatic amines is 1. The topological polar surface area (TPSA) is 79.9 Å². The molecule has 0 unspecified atom stereocenters. The molecule has 0 aliphatic carbocycles. The number of benzene rings is 1. The van der Waals surface area contributed by atoms with E-state index in [1.165, 1.54) is 0 Å². The predicted octanol–water partition coefficient (Wildman–Crippen LogP) is 3.11. The van der Waals surface area contributed by atoms with E-state index in [4.69, 9.17) is 4.74 Å². The van der Waals surface area contributed by atoms with Crippen LogP contribution in [0.1, 0.15) is 11.1 Å². The lowest BCUT2D eigenvalue weighted by molar-refractivity contribution is -0.118. The van der Waals surface area contributed by atoms with Crippen molar-refractivity contribution >= 4 is 11.7 Å². The lowest BCUT2D eigenvalue weighted by Crippen LogP contribution is -2.20. The quantitative estimate of drug-likeness (QED) is 0.756. The largest absolute Gasteiger partial charge is 0.484 e. The third-order valence-corrected chi connectivity index (χ3v) is 3.40. The summed E-state index contributed by atoms with van der Waals surface area (Å²) in [5.41, 5.74) is 3.95. The predicted molar refractivity (Wildman–Crippen MR) is 91.9 cm³/mol. The van der Waals surface area contributed by atoms with E-state index >= 15 is 0 Å². The highest BCUT2D eigenvalue weighted by atomic mass is 16.5. The Morgan fingerprint density at radius 2 is 1.83 bits per heavy atom. The van der Waals surface area contributed by atoms with Gasteiger partial charge in [-0.2, -0.15) is 5.10 Å². The van der Waals surface area contributed by atoms with Crippen LogP contribution in [0.5, 0.6) is 5.75 Å². The van der Waals surface area contributed by atoms with Gasteiger partial charge in [0.05, 0.1) is 5.69 Å². The summed E-state index contributed by atoms with van der Waals surface area (Å²) in [5, 5.41) is 9.68. The standard InChI is InChI=1S/C18H18N4O2/c1-12-7-13(2)9-15(8-12)24-11-18(23)20-17-10-16(21-22-17)14-3-5-19-6-4-14/h3-10H,11H2,1-2H3,(H2,20,21,22,23). The van der Waals surface area contributed by atoms with E-state index in [9.17, 15) is 4.79 Å². The third kappa shape index (κ3) is 3.98. The van der Waals surface area contributed by atoms with Crippen LogP contribution in [0.15, 0.2) is 48.8 Å². The van der Waals surface area contributed by atoms with Gasteiger partial charge in [0.2, 0.25) is 0 Å². The first-order valence-corrected chi connectivity index (χ1v) is 7.57. The third-order valence-electron chi connectivity index (χ3n) is 3.40. The lowest BCUT2D eigenvalue weighted by Gasteiger charge is -2.07. The van der Waals surface area contributed by atoms with Crippen molar-refractivity contribution in [2.75, 3.05) is 11.9 Å². The number of amides is 1. The molecule has 0 atom stereocenters. The molecule has 0 fully saturated rings. The monoisotopic (exact) mass is 322 g/mol. The van der Waals surface area contributed by atoms with Crippen LogP contribution in [0.3, 0.4) is 0 Å². The number of aromatic nitrogens is 3. The van der Waals surface area contributed by atoms with E-state index in [1.807, 2.05) is 38.1 Å². The highest BCUT2D eigenvalue weighted by molar-refractivity contribution is 5.91. The molecule has 0 radical (unpaired) electrons. The van der Waals surface area contributed by atoms with Crippen LogP contribution in [-0.4, -0.2) is 27.7 Å². The molecule has 2 heterocycles. The van der Waals surface area contributed by atoms with Crippen molar-refractivity contribution in [2.45, 2.75) is 13.8 Å². The van der Waals surface area contributed by atoms with E-state index in [1.54, 1.807) is 18.5 Å². The average molecular weight is 322 g/mol. The molecule has 3 aromatic rings. The first kappa shape index (κ1) is 15.7. The Balaban J connectivity index is 1.58. The zero-order valence-corrected chi connectivity index (χ0v) is 13.5. The highest BCUT2D eigenvalue weighted by Gasteiger charge is 2.08. The number of aryl methyl sites for hydroxylation is 2. The highest BCUT2D eigenvalue weighted by Crippen LogP contribution is 2.19. The summed E-state index contributed by atoms with van der Waals surface area (Å²) in [7, 11) is 0. The molecule has 2 aromatic heterocycles. The summed E-state index contributed by atoms with van der Waals surface area (Å²) < 4.78 is 5.53. The minimum atomic E-state index is -0.262. The van der Waals surface area contributed by atoms with Gasteiger partial charge in [-0.1, -0.05) is 6.07 Å². The van der Waals surface area contributed by atoms with Crippen LogP contribution >= 0.6 is 0 Å². The number of ether oxygens (including phenoxy) is 1. The Hall–Kier alpha value is -3.15. The maximum absolute atomic E-state index is 12.0. The van der Waals surface area contributed by atoms with E-state index in [0.29, 0.717) is 11.6 Å². The number of carbonyl (C=O) groups excluding carboxylic acids is 1. The number of nitrogens with zero attached hydrogens (tertiary/aromatic N) is 2. The molecule has 2 N–H and O–H groups in total. The molecule has 0 saturated carbocycles. The van der Waals surface area contributed by atoms with Gasteiger partial charge in [0.25, 0.3) is 5.91 Å². The Morgan fingerprint density at radius 1 is 1.12 bits per heavy atom. The van der Waals surface area contributed by atoms with E-state index in [-0.39, 0.29) is 12.5 Å². The zero-order valence-electron chi connectivity index (χ0n) is 13.5. The fourth-order valence-corrected chi connectivity index (χ4v) is 2.41. The summed E-state index contributed by atoms with van der Waals surface area (Å²) in [6.45, 7) is 3.91. The molecule has 1 amide bonds. The van der Waals surface area contributed by atoms with E-state index in [0.717, 1.165) is 22.4 Å². The van der Waals surface area contributed by atoms with Crippen molar-refractivity contribution in [3.8, 4) is 17.0 Å². The SMILES string of the molecule is Cc1cc(C)cc(OCC(=O)Nc2cc(-c3ccncc3)[nH]n2)c1. The molecule has 3 rings (SSSR count). The second kappa shape index (κ2) is 6.95. The molecule has 6 nitrogen and oxygen atoms in total. The Morgan fingerprint density at radius 3 is 2.54 bits per heavy atom. The van der Waals surface area contributed by atoms with Gasteiger partial charge in [0, 0.05) is 24.0 Å². The second-order valence-electron chi connectivity index (χ2n) is 5.56. The first-order valence-electron chi connectivity index (χ1n) is 7.57. The number of H-pyrrole nitrogens is 1. The van der Waals surface area contributed by atoms with Crippen molar-refractivity contribution in [1.82, 2.24) is 15.2 Å². The Kier molecular flexibility index (Phi) is 4.56. The minimum absolute atomic E-state index is 0.0691. The Labute approximate surface area is 139 Å². The van der Waals surface area contributed by atoms with Gasteiger partial charge in [-0.15, -0.1) is 0 Å². The number of anilines is 1. The summed E-state index contributed by atoms with van der Waals surface area (Å²) in [4.78, 5) is 16.0. The summed E-state index contributed by atoms with van der Waals surface area (Å²) in [6, 6.07) is 11.3. The number of hydrogen-bond acceptors (Lipinski definition) is 4. The molecule has 24 heavy (non-hydrogen) atoms. The Bertz CT molecular complexity index is 823. The van der Waals surface area contributed by atoms with E-state index < -0.39 is 0 Å². The van der Waals surface area contributed by atoms with Crippen LogP contribution in [0.4, 0.5) is 5.82 Å². The summed E-state index contributed by atoms with van der Waals surface area (Å²) in [5.74, 6) is 0.875. The van der Waals surface area contributed by atoms with Gasteiger partial charge in [0.15, 0.2) is 12.4 Å². The van der Waals surface area contributed by atoms with Crippen molar-refractivity contribution < 1.29 is 9.53 Å². The van der Waals surface area contributed by atoms with Gasteiger partial charge in [-0.3, -0.25) is 14.9 Å². The summed E-state index contributed by atoms with van der Waals surface area (Å²) in [6.07, 6.45) is 3.40. The average Bonchev–Trinajstić information content (AvgIpc) is 3.01. The normalized spacial score (nSPS) is 10.4. The first-order chi connectivity index (χ1) is 11.6. The number of nitrogens with one attached hydrogen (secondary N) is 2. The molecular formula is C18H18N4O2. The van der Waals surface area contributed by atoms with Crippen LogP contribution in [0.25, 0.3) is 11.3 Å². The smallest absolute Gasteiger partial charge is 0.263 e. The molecule has 122 valence electrons. The molecule has 0 aliphatic rings. The van der Waals surface area contributed by atoms with Gasteiger partial charge in [0.1, 0.15) is 5.75 Å². The molecule has 0 bridgehead atoms. The maximum atomic E-state index is 12.0. The minimum Gasteiger partial charge on any atom is -0.484 e. The van der Waals surface area contributed by atoms with Crippen molar-refractivity contribution in [2.24, 2.45) is 0 Å². The maximum Gasteiger partial charge on any atom is 0.263 e. The second-order valence-corrected chi connectivity index (χ2v) is 5.56. The molecule has 0 saturated heterocycles. The fourth-order valence-electron chi connectivity index (χ4n) is 2.41. The molecule has 6 heteroatoms. The number of carbonyl (C=O) groups is 1. The van der Waals surface area contributed by atoms with Gasteiger partial charge in [-0.05, 0) is 49.2 Å². The molecule has 1 aromatic carbocycles. The number of rotatable bonds is 5. The van der Waals surface area contributed by atoms with Crippen molar-refractivity contribution in [3.63, 3.8) is 0 Å². The number of hydrogen-bond donors (Lipinski definition) is 2. The van der Waals surface area contributed by atoms with Gasteiger partial charge in [-0.25, -0.2) is 0 Å². The molecule has 0 spiro atoms. The van der Waals surface area contributed by atoms with Gasteiger partial charge >= 0.3 is 0 Å². The van der Waals surface area contributed by atoms with Crippen LogP contribution in [0.2, 0.25) is 0 Å². The van der Waals surface area contributed by atoms with Crippen LogP contribution in [-0.2, 0) is 4.79 Å². The van der Waals surface area contributed by atoms with Crippen molar-refractivity contribution in [3.05, 3.63) is 59.9 Å². The van der Waals surface area contributed by atoms with E-state index in [2.05, 4.69) is 26.6 Å². The van der Waals surface area contributed by atoms with Crippen LogP contribution < -0.4 is 10.1 Å². The fraction of sp³-hybridized carbons (Fsp3) is 0.167. The molecular weight excluding hydrogens is 304 g/mol. The molecule has 0 aliphatic heterocycles. The van der Waals surface area contributed by atoms with Crippen molar-refractivity contribution in [1.29, 1.82) is 0 Å². The number of pyridine rings is 1.